The molecule has 0 fully saturated rings. The Morgan fingerprint density at radius 2 is 1.80 bits per heavy atom. The molecule has 0 bridgehead atoms. The van der Waals surface area contributed by atoms with Crippen molar-refractivity contribution in [2.75, 3.05) is 27.8 Å². The smallest absolute Gasteiger partial charge is 0.229 e. The van der Waals surface area contributed by atoms with Gasteiger partial charge < -0.3 is 14.4 Å². The van der Waals surface area contributed by atoms with Crippen LogP contribution in [0.5, 0.6) is 11.5 Å². The van der Waals surface area contributed by atoms with E-state index in [2.05, 4.69) is 0 Å². The lowest BCUT2D eigenvalue weighted by Gasteiger charge is -2.28. The summed E-state index contributed by atoms with van der Waals surface area (Å²) < 4.78 is 11.1. The second-order valence-corrected chi connectivity index (χ2v) is 5.61. The van der Waals surface area contributed by atoms with Gasteiger partial charge in [-0.2, -0.15) is 0 Å². The van der Waals surface area contributed by atoms with Crippen LogP contribution < -0.4 is 9.47 Å². The molecule has 4 nitrogen and oxygen atoms in total. The largest absolute Gasteiger partial charge is 0.496 e. The van der Waals surface area contributed by atoms with E-state index in [4.69, 9.17) is 9.47 Å². The normalized spacial score (nSPS) is 21.2. The summed E-state index contributed by atoms with van der Waals surface area (Å²) in [6.45, 7) is 0.754. The molecule has 108 valence electrons. The highest BCUT2D eigenvalue weighted by atomic mass is 16.5. The van der Waals surface area contributed by atoms with Crippen LogP contribution in [0.2, 0.25) is 0 Å². The molecular weight excluding hydrogens is 254 g/mol. The summed E-state index contributed by atoms with van der Waals surface area (Å²) in [6.07, 6.45) is 3.82. The number of hydrogen-bond acceptors (Lipinski definition) is 3. The zero-order chi connectivity index (χ0) is 14.3. The van der Waals surface area contributed by atoms with Gasteiger partial charge in [0.15, 0.2) is 0 Å². The number of likely N-dealkylation sites (N-methyl/N-ethyl adjacent to an activating group) is 1. The maximum absolute atomic E-state index is 12.6. The number of ether oxygens (including phenoxy) is 2. The molecule has 0 aromatic heterocycles. The standard InChI is InChI=1S/C16H21NO3/c1-17-8-7-11-14(20-3)9-13(19-2)10-5-4-6-12(15(10)11)16(17)18/h9,12H,4-8H2,1-3H3. The Morgan fingerprint density at radius 3 is 2.45 bits per heavy atom. The lowest BCUT2D eigenvalue weighted by Crippen LogP contribution is -2.32. The molecule has 1 aliphatic heterocycles. The van der Waals surface area contributed by atoms with Gasteiger partial charge in [0, 0.05) is 25.2 Å². The average Bonchev–Trinajstić information content (AvgIpc) is 2.61. The fourth-order valence-electron chi connectivity index (χ4n) is 3.57. The highest BCUT2D eigenvalue weighted by Crippen LogP contribution is 2.45. The zero-order valence-corrected chi connectivity index (χ0v) is 12.4. The highest BCUT2D eigenvalue weighted by Gasteiger charge is 2.36. The molecule has 0 saturated carbocycles. The van der Waals surface area contributed by atoms with Gasteiger partial charge in [0.1, 0.15) is 11.5 Å². The van der Waals surface area contributed by atoms with E-state index in [0.29, 0.717) is 0 Å². The van der Waals surface area contributed by atoms with Crippen LogP contribution in [0.3, 0.4) is 0 Å². The third kappa shape index (κ3) is 1.86. The molecule has 0 saturated heterocycles. The Labute approximate surface area is 119 Å². The molecule has 1 amide bonds. The minimum atomic E-state index is -0.0229. The van der Waals surface area contributed by atoms with Crippen LogP contribution in [0.4, 0.5) is 0 Å². The maximum atomic E-state index is 12.6. The molecule has 0 radical (unpaired) electrons. The Kier molecular flexibility index (Phi) is 3.32. The first-order chi connectivity index (χ1) is 9.67. The second-order valence-electron chi connectivity index (χ2n) is 5.61. The quantitative estimate of drug-likeness (QED) is 0.830. The summed E-state index contributed by atoms with van der Waals surface area (Å²) in [4.78, 5) is 14.4. The Hall–Kier alpha value is -1.71. The van der Waals surface area contributed by atoms with E-state index in [9.17, 15) is 4.79 Å². The molecule has 0 N–H and O–H groups in total. The van der Waals surface area contributed by atoms with Gasteiger partial charge in [-0.05, 0) is 36.8 Å². The van der Waals surface area contributed by atoms with Gasteiger partial charge in [0.05, 0.1) is 20.1 Å². The first-order valence-corrected chi connectivity index (χ1v) is 7.19. The molecule has 4 heteroatoms. The van der Waals surface area contributed by atoms with E-state index < -0.39 is 0 Å². The number of rotatable bonds is 2. The van der Waals surface area contributed by atoms with Crippen LogP contribution >= 0.6 is 0 Å². The van der Waals surface area contributed by atoms with Crippen molar-refractivity contribution in [3.63, 3.8) is 0 Å². The number of nitrogens with zero attached hydrogens (tertiary/aromatic N) is 1. The number of benzene rings is 1. The zero-order valence-electron chi connectivity index (χ0n) is 12.4. The Morgan fingerprint density at radius 1 is 1.15 bits per heavy atom. The molecular formula is C16H21NO3. The average molecular weight is 275 g/mol. The number of methoxy groups -OCH3 is 2. The molecule has 1 atom stereocenters. The van der Waals surface area contributed by atoms with Crippen molar-refractivity contribution in [3.8, 4) is 11.5 Å². The predicted molar refractivity (Wildman–Crippen MR) is 76.6 cm³/mol. The van der Waals surface area contributed by atoms with E-state index >= 15 is 0 Å². The van der Waals surface area contributed by atoms with E-state index in [0.717, 1.165) is 43.7 Å². The lowest BCUT2D eigenvalue weighted by molar-refractivity contribution is -0.131. The van der Waals surface area contributed by atoms with Crippen molar-refractivity contribution in [1.29, 1.82) is 0 Å². The van der Waals surface area contributed by atoms with Crippen LogP contribution in [-0.4, -0.2) is 38.6 Å². The van der Waals surface area contributed by atoms with Crippen LogP contribution in [-0.2, 0) is 17.6 Å². The van der Waals surface area contributed by atoms with E-state index in [1.165, 1.54) is 16.7 Å². The van der Waals surface area contributed by atoms with Crippen molar-refractivity contribution in [3.05, 3.63) is 22.8 Å². The third-order valence-electron chi connectivity index (χ3n) is 4.59. The summed E-state index contributed by atoms with van der Waals surface area (Å²) in [5, 5.41) is 0. The van der Waals surface area contributed by atoms with Crippen molar-refractivity contribution >= 4 is 5.91 Å². The van der Waals surface area contributed by atoms with E-state index in [1.807, 2.05) is 18.0 Å². The molecule has 1 aromatic carbocycles. The van der Waals surface area contributed by atoms with Crippen molar-refractivity contribution in [2.45, 2.75) is 31.6 Å². The van der Waals surface area contributed by atoms with Crippen LogP contribution in [0.25, 0.3) is 0 Å². The Balaban J connectivity index is 2.25. The number of carbonyl (C=O) groups is 1. The van der Waals surface area contributed by atoms with Crippen molar-refractivity contribution in [2.24, 2.45) is 0 Å². The van der Waals surface area contributed by atoms with Crippen LogP contribution in [0.15, 0.2) is 6.07 Å². The SMILES string of the molecule is COc1cc(OC)c2c3c1CCCC3C(=O)N(C)CC2. The monoisotopic (exact) mass is 275 g/mol. The Bertz CT molecular complexity index is 553. The molecule has 1 aliphatic carbocycles. The number of carbonyl (C=O) groups excluding carboxylic acids is 1. The molecule has 3 rings (SSSR count). The molecule has 1 unspecified atom stereocenters. The molecule has 1 heterocycles. The summed E-state index contributed by atoms with van der Waals surface area (Å²) in [5.41, 5.74) is 3.59. The van der Waals surface area contributed by atoms with Gasteiger partial charge in [0.2, 0.25) is 5.91 Å². The molecule has 2 aliphatic rings. The predicted octanol–water partition coefficient (Wildman–Crippen LogP) is 2.14. The van der Waals surface area contributed by atoms with E-state index in [1.54, 1.807) is 14.2 Å². The number of amides is 1. The van der Waals surface area contributed by atoms with Crippen molar-refractivity contribution in [1.82, 2.24) is 4.90 Å². The van der Waals surface area contributed by atoms with Gasteiger partial charge in [-0.3, -0.25) is 4.79 Å². The van der Waals surface area contributed by atoms with Gasteiger partial charge in [0.25, 0.3) is 0 Å². The summed E-state index contributed by atoms with van der Waals surface area (Å²) in [7, 11) is 5.27. The first kappa shape index (κ1) is 13.3. The van der Waals surface area contributed by atoms with Gasteiger partial charge in [-0.25, -0.2) is 0 Å². The molecule has 0 spiro atoms. The minimum absolute atomic E-state index is 0.0229. The van der Waals surface area contributed by atoms with Gasteiger partial charge in [-0.15, -0.1) is 0 Å². The molecule has 1 aromatic rings. The van der Waals surface area contributed by atoms with Gasteiger partial charge >= 0.3 is 0 Å². The van der Waals surface area contributed by atoms with Crippen LogP contribution in [0, 0.1) is 0 Å². The fraction of sp³-hybridized carbons (Fsp3) is 0.562. The molecule has 20 heavy (non-hydrogen) atoms. The van der Waals surface area contributed by atoms with Crippen LogP contribution in [0.1, 0.15) is 35.4 Å². The van der Waals surface area contributed by atoms with Crippen molar-refractivity contribution < 1.29 is 14.3 Å². The summed E-state index contributed by atoms with van der Waals surface area (Å²) in [5.74, 6) is 1.93. The van der Waals surface area contributed by atoms with Gasteiger partial charge in [-0.1, -0.05) is 0 Å². The summed E-state index contributed by atoms with van der Waals surface area (Å²) >= 11 is 0. The first-order valence-electron chi connectivity index (χ1n) is 7.19. The fourth-order valence-corrected chi connectivity index (χ4v) is 3.57. The number of hydrogen-bond donors (Lipinski definition) is 0. The lowest BCUT2D eigenvalue weighted by atomic mass is 9.79. The topological polar surface area (TPSA) is 38.8 Å². The highest BCUT2D eigenvalue weighted by molar-refractivity contribution is 5.86. The maximum Gasteiger partial charge on any atom is 0.229 e. The van der Waals surface area contributed by atoms with E-state index in [-0.39, 0.29) is 11.8 Å². The third-order valence-corrected chi connectivity index (χ3v) is 4.59. The summed E-state index contributed by atoms with van der Waals surface area (Å²) in [6, 6.07) is 1.98. The second kappa shape index (κ2) is 5.00. The minimum Gasteiger partial charge on any atom is -0.496 e.